The van der Waals surface area contributed by atoms with Gasteiger partial charge in [-0.15, -0.1) is 5.10 Å². The van der Waals surface area contributed by atoms with Crippen LogP contribution in [0.25, 0.3) is 28.1 Å². The highest BCUT2D eigenvalue weighted by Gasteiger charge is 2.28. The van der Waals surface area contributed by atoms with Gasteiger partial charge >= 0.3 is 0 Å². The summed E-state index contributed by atoms with van der Waals surface area (Å²) in [6.45, 7) is 0. The highest BCUT2D eigenvalue weighted by Crippen LogP contribution is 2.34. The van der Waals surface area contributed by atoms with E-state index in [2.05, 4.69) is 25.3 Å². The predicted octanol–water partition coefficient (Wildman–Crippen LogP) is 4.44. The molecule has 180 valence electrons. The van der Waals surface area contributed by atoms with Crippen LogP contribution in [-0.2, 0) is 6.42 Å². The van der Waals surface area contributed by atoms with Gasteiger partial charge in [0.15, 0.2) is 5.15 Å². The van der Waals surface area contributed by atoms with Crippen molar-refractivity contribution in [3.8, 4) is 28.1 Å². The lowest BCUT2D eigenvalue weighted by molar-refractivity contribution is 0.571. The number of halogens is 3. The van der Waals surface area contributed by atoms with Gasteiger partial charge in [-0.1, -0.05) is 28.4 Å². The number of hydrogen-bond donors (Lipinski definition) is 2. The minimum absolute atomic E-state index is 0.0952. The molecule has 4 aromatic heterocycles. The van der Waals surface area contributed by atoms with E-state index in [-0.39, 0.29) is 28.1 Å². The van der Waals surface area contributed by atoms with E-state index >= 15 is 0 Å². The summed E-state index contributed by atoms with van der Waals surface area (Å²) in [7, 11) is 0. The summed E-state index contributed by atoms with van der Waals surface area (Å²) in [6, 6.07) is 11.6. The quantitative estimate of drug-likeness (QED) is 0.336. The van der Waals surface area contributed by atoms with Crippen LogP contribution in [-0.4, -0.2) is 34.5 Å². The van der Waals surface area contributed by atoms with Crippen molar-refractivity contribution in [2.45, 2.75) is 18.9 Å². The van der Waals surface area contributed by atoms with Crippen molar-refractivity contribution in [3.05, 3.63) is 92.9 Å². The fraction of sp³-hybridized carbons (Fsp3) is 0.125. The molecule has 0 aliphatic carbocycles. The van der Waals surface area contributed by atoms with E-state index in [9.17, 15) is 9.18 Å². The number of rotatable bonds is 4. The number of pyridine rings is 2. The van der Waals surface area contributed by atoms with Gasteiger partial charge in [0.25, 0.3) is 5.56 Å². The second-order valence-corrected chi connectivity index (χ2v) is 9.23. The normalized spacial score (nSPS) is 14.8. The Morgan fingerprint density at radius 1 is 1.11 bits per heavy atom. The molecule has 3 N–H and O–H groups in total. The molecular weight excluding hydrogens is 506 g/mol. The number of nitrogens with two attached hydrogens (primary N) is 1. The molecule has 0 saturated heterocycles. The number of aromatic amines is 1. The molecule has 1 aliphatic rings. The fourth-order valence-corrected chi connectivity index (χ4v) is 4.90. The largest absolute Gasteiger partial charge is 0.384 e. The van der Waals surface area contributed by atoms with Gasteiger partial charge in [0, 0.05) is 22.3 Å². The number of H-pyrrole nitrogens is 1. The van der Waals surface area contributed by atoms with Gasteiger partial charge in [-0.2, -0.15) is 4.39 Å². The first-order valence-corrected chi connectivity index (χ1v) is 11.7. The van der Waals surface area contributed by atoms with Gasteiger partial charge in [-0.05, 0) is 54.8 Å². The molecule has 36 heavy (non-hydrogen) atoms. The van der Waals surface area contributed by atoms with Gasteiger partial charge in [0.2, 0.25) is 5.95 Å². The fourth-order valence-electron chi connectivity index (χ4n) is 4.60. The Balaban J connectivity index is 1.39. The highest BCUT2D eigenvalue weighted by molar-refractivity contribution is 6.31. The van der Waals surface area contributed by atoms with E-state index in [1.807, 2.05) is 6.07 Å². The number of imidazole rings is 1. The van der Waals surface area contributed by atoms with Gasteiger partial charge in [-0.25, -0.2) is 14.6 Å². The average Bonchev–Trinajstić information content (AvgIpc) is 3.58. The van der Waals surface area contributed by atoms with Crippen molar-refractivity contribution in [3.63, 3.8) is 0 Å². The van der Waals surface area contributed by atoms with Crippen LogP contribution in [0.15, 0.2) is 59.7 Å². The van der Waals surface area contributed by atoms with E-state index in [1.165, 1.54) is 16.9 Å². The molecule has 0 amide bonds. The third kappa shape index (κ3) is 3.84. The number of benzene rings is 1. The first-order chi connectivity index (χ1) is 17.4. The Kier molecular flexibility index (Phi) is 5.35. The number of aromatic nitrogens is 7. The lowest BCUT2D eigenvalue weighted by Gasteiger charge is -2.15. The van der Waals surface area contributed by atoms with E-state index in [4.69, 9.17) is 28.9 Å². The van der Waals surface area contributed by atoms with Gasteiger partial charge in [0.05, 0.1) is 35.4 Å². The standard InChI is InChI=1S/C24H17Cl2FN8O/c25-13-1-4-18(34-11-20(26)32-33-34)16(9-13)12-7-14-2-5-19(35(14)22(36)8-12)24-29-10-17(30-24)15-3-6-21(28)31-23(15)27/h1,3-4,6-11,19H,2,5H2,(H2,28,31)(H,29,30)/t19-/m0/s1. The number of nitrogens with zero attached hydrogens (tertiary/aromatic N) is 6. The van der Waals surface area contributed by atoms with Gasteiger partial charge in [0.1, 0.15) is 11.6 Å². The second kappa shape index (κ2) is 8.58. The minimum atomic E-state index is -0.690. The van der Waals surface area contributed by atoms with Crippen LogP contribution < -0.4 is 11.3 Å². The van der Waals surface area contributed by atoms with Gasteiger partial charge in [-0.3, -0.25) is 4.79 Å². The molecule has 6 rings (SSSR count). The molecule has 0 unspecified atom stereocenters. The van der Waals surface area contributed by atoms with E-state index in [1.54, 1.807) is 41.1 Å². The summed E-state index contributed by atoms with van der Waals surface area (Å²) in [5.41, 5.74) is 9.04. The first-order valence-electron chi connectivity index (χ1n) is 11.0. The molecule has 1 aliphatic heterocycles. The first kappa shape index (κ1) is 22.4. The van der Waals surface area contributed by atoms with Crippen LogP contribution >= 0.6 is 23.2 Å². The molecule has 5 aromatic rings. The lowest BCUT2D eigenvalue weighted by atomic mass is 10.0. The maximum Gasteiger partial charge on any atom is 0.252 e. The number of fused-ring (bicyclic) bond motifs is 1. The monoisotopic (exact) mass is 522 g/mol. The van der Waals surface area contributed by atoms with Crippen molar-refractivity contribution < 1.29 is 4.39 Å². The van der Waals surface area contributed by atoms with E-state index in [0.717, 1.165) is 11.3 Å². The summed E-state index contributed by atoms with van der Waals surface area (Å²) in [5.74, 6) is -0.0294. The maximum absolute atomic E-state index is 14.3. The Labute approximate surface area is 213 Å². The molecule has 5 heterocycles. The molecule has 0 bridgehead atoms. The van der Waals surface area contributed by atoms with Crippen LogP contribution in [0.4, 0.5) is 10.2 Å². The second-order valence-electron chi connectivity index (χ2n) is 8.40. The number of aryl methyl sites for hydroxylation is 1. The topological polar surface area (TPSA) is 120 Å². The maximum atomic E-state index is 14.3. The molecule has 0 saturated carbocycles. The van der Waals surface area contributed by atoms with Crippen molar-refractivity contribution in [2.75, 3.05) is 5.73 Å². The van der Waals surface area contributed by atoms with Gasteiger partial charge < -0.3 is 15.3 Å². The zero-order valence-electron chi connectivity index (χ0n) is 18.5. The van der Waals surface area contributed by atoms with Crippen molar-refractivity contribution >= 4 is 29.0 Å². The minimum Gasteiger partial charge on any atom is -0.384 e. The molecule has 9 nitrogen and oxygen atoms in total. The van der Waals surface area contributed by atoms with Crippen molar-refractivity contribution in [2.24, 2.45) is 0 Å². The number of nitrogens with one attached hydrogen (secondary N) is 1. The summed E-state index contributed by atoms with van der Waals surface area (Å²) in [5, 5.41) is 8.65. The van der Waals surface area contributed by atoms with Crippen molar-refractivity contribution in [1.29, 1.82) is 0 Å². The third-order valence-electron chi connectivity index (χ3n) is 6.19. The van der Waals surface area contributed by atoms with Crippen LogP contribution in [0.5, 0.6) is 0 Å². The average molecular weight is 523 g/mol. The van der Waals surface area contributed by atoms with E-state index < -0.39 is 5.95 Å². The summed E-state index contributed by atoms with van der Waals surface area (Å²) < 4.78 is 17.5. The summed E-state index contributed by atoms with van der Waals surface area (Å²) >= 11 is 12.2. The van der Waals surface area contributed by atoms with Crippen molar-refractivity contribution in [1.82, 2.24) is 34.5 Å². The molecule has 12 heteroatoms. The number of nitrogen functional groups attached to an aromatic ring is 1. The smallest absolute Gasteiger partial charge is 0.252 e. The van der Waals surface area contributed by atoms with Crippen LogP contribution in [0, 0.1) is 5.95 Å². The lowest BCUT2D eigenvalue weighted by Crippen LogP contribution is -2.23. The van der Waals surface area contributed by atoms with E-state index in [0.29, 0.717) is 40.6 Å². The molecule has 1 aromatic carbocycles. The summed E-state index contributed by atoms with van der Waals surface area (Å²) in [4.78, 5) is 24.6. The SMILES string of the molecule is Nc1ccc(-c2cnc([C@@H]3CCc4cc(-c5cc(Cl)ccc5-n5cc(Cl)nn5)cc(=O)n43)[nH]2)c(F)n1. The molecular formula is C24H17Cl2FN8O. The van der Waals surface area contributed by atoms with Crippen LogP contribution in [0.3, 0.4) is 0 Å². The highest BCUT2D eigenvalue weighted by atomic mass is 35.5. The van der Waals surface area contributed by atoms with Crippen LogP contribution in [0.1, 0.15) is 24.0 Å². The molecule has 0 fully saturated rings. The Morgan fingerprint density at radius 3 is 2.75 bits per heavy atom. The summed E-state index contributed by atoms with van der Waals surface area (Å²) in [6.07, 6.45) is 4.44. The number of hydrogen-bond acceptors (Lipinski definition) is 6. The Morgan fingerprint density at radius 2 is 1.97 bits per heavy atom. The Bertz CT molecular complexity index is 1690. The zero-order chi connectivity index (χ0) is 25.0. The number of anilines is 1. The molecule has 0 radical (unpaired) electrons. The predicted molar refractivity (Wildman–Crippen MR) is 134 cm³/mol. The third-order valence-corrected chi connectivity index (χ3v) is 6.60. The molecule has 0 spiro atoms. The van der Waals surface area contributed by atoms with Crippen LogP contribution in [0.2, 0.25) is 10.2 Å². The zero-order valence-corrected chi connectivity index (χ0v) is 20.0. The Hall–Kier alpha value is -4.02. The molecule has 1 atom stereocenters.